The van der Waals surface area contributed by atoms with Gasteiger partial charge in [0.1, 0.15) is 0 Å². The third kappa shape index (κ3) is 3.95. The SMILES string of the molecule is CCOC(=O)C(NC(=O)c1ccc(Br)o1)c1ccccc1. The highest BCUT2D eigenvalue weighted by Crippen LogP contribution is 2.18. The molecule has 6 heteroatoms. The summed E-state index contributed by atoms with van der Waals surface area (Å²) in [6.45, 7) is 1.95. The summed E-state index contributed by atoms with van der Waals surface area (Å²) in [5.41, 5.74) is 0.648. The molecule has 0 aliphatic carbocycles. The van der Waals surface area contributed by atoms with Crippen LogP contribution in [0.25, 0.3) is 0 Å². The number of hydrogen-bond acceptors (Lipinski definition) is 4. The first-order valence-electron chi connectivity index (χ1n) is 6.39. The lowest BCUT2D eigenvalue weighted by molar-refractivity contribution is -0.145. The van der Waals surface area contributed by atoms with E-state index in [1.165, 1.54) is 6.07 Å². The van der Waals surface area contributed by atoms with E-state index in [1.54, 1.807) is 37.3 Å². The number of carbonyl (C=O) groups excluding carboxylic acids is 2. The number of benzene rings is 1. The van der Waals surface area contributed by atoms with Crippen LogP contribution in [0.2, 0.25) is 0 Å². The number of carbonyl (C=O) groups is 2. The molecule has 0 spiro atoms. The summed E-state index contributed by atoms with van der Waals surface area (Å²) >= 11 is 3.13. The smallest absolute Gasteiger partial charge is 0.333 e. The van der Waals surface area contributed by atoms with Crippen molar-refractivity contribution in [2.24, 2.45) is 0 Å². The first-order valence-corrected chi connectivity index (χ1v) is 7.19. The van der Waals surface area contributed by atoms with Gasteiger partial charge in [-0.1, -0.05) is 30.3 Å². The van der Waals surface area contributed by atoms with Gasteiger partial charge in [-0.15, -0.1) is 0 Å². The molecule has 0 radical (unpaired) electrons. The number of halogens is 1. The third-order valence-corrected chi connectivity index (χ3v) is 3.15. The van der Waals surface area contributed by atoms with Gasteiger partial charge in [-0.25, -0.2) is 4.79 Å². The molecule has 1 N–H and O–H groups in total. The summed E-state index contributed by atoms with van der Waals surface area (Å²) in [5.74, 6) is -0.877. The molecule has 1 unspecified atom stereocenters. The Morgan fingerprint density at radius 1 is 1.24 bits per heavy atom. The summed E-state index contributed by atoms with van der Waals surface area (Å²) in [4.78, 5) is 24.2. The summed E-state index contributed by atoms with van der Waals surface area (Å²) < 4.78 is 10.6. The Balaban J connectivity index is 2.20. The van der Waals surface area contributed by atoms with Gasteiger partial charge in [-0.3, -0.25) is 4.79 Å². The van der Waals surface area contributed by atoms with Crippen molar-refractivity contribution in [1.82, 2.24) is 5.32 Å². The van der Waals surface area contributed by atoms with E-state index in [-0.39, 0.29) is 12.4 Å². The number of hydrogen-bond donors (Lipinski definition) is 1. The van der Waals surface area contributed by atoms with Crippen LogP contribution in [0.5, 0.6) is 0 Å². The molecule has 1 aromatic carbocycles. The Morgan fingerprint density at radius 2 is 1.95 bits per heavy atom. The number of ether oxygens (including phenoxy) is 1. The minimum absolute atomic E-state index is 0.118. The van der Waals surface area contributed by atoms with Gasteiger partial charge < -0.3 is 14.5 Å². The molecule has 1 heterocycles. The molecule has 1 aromatic heterocycles. The van der Waals surface area contributed by atoms with Crippen LogP contribution in [-0.2, 0) is 9.53 Å². The molecule has 5 nitrogen and oxygen atoms in total. The molecule has 0 saturated heterocycles. The Morgan fingerprint density at radius 3 is 2.52 bits per heavy atom. The summed E-state index contributed by atoms with van der Waals surface area (Å²) in [6.07, 6.45) is 0. The fourth-order valence-electron chi connectivity index (χ4n) is 1.79. The van der Waals surface area contributed by atoms with E-state index in [0.717, 1.165) is 0 Å². The van der Waals surface area contributed by atoms with Crippen LogP contribution in [-0.4, -0.2) is 18.5 Å². The fraction of sp³-hybridized carbons (Fsp3) is 0.200. The Hall–Kier alpha value is -2.08. The van der Waals surface area contributed by atoms with Crippen molar-refractivity contribution >= 4 is 27.8 Å². The van der Waals surface area contributed by atoms with Crippen molar-refractivity contribution < 1.29 is 18.7 Å². The van der Waals surface area contributed by atoms with E-state index in [9.17, 15) is 9.59 Å². The molecule has 2 aromatic rings. The van der Waals surface area contributed by atoms with Crippen LogP contribution in [0.15, 0.2) is 51.6 Å². The molecular formula is C15H14BrNO4. The fourth-order valence-corrected chi connectivity index (χ4v) is 2.09. The monoisotopic (exact) mass is 351 g/mol. The number of rotatable bonds is 5. The van der Waals surface area contributed by atoms with Crippen LogP contribution < -0.4 is 5.32 Å². The van der Waals surface area contributed by atoms with E-state index in [4.69, 9.17) is 9.15 Å². The molecule has 110 valence electrons. The number of amides is 1. The molecule has 0 bridgehead atoms. The van der Waals surface area contributed by atoms with Crippen LogP contribution >= 0.6 is 15.9 Å². The van der Waals surface area contributed by atoms with E-state index in [1.807, 2.05) is 6.07 Å². The van der Waals surface area contributed by atoms with Gasteiger partial charge in [-0.05, 0) is 40.5 Å². The van der Waals surface area contributed by atoms with Crippen LogP contribution in [0.1, 0.15) is 29.1 Å². The second-order valence-corrected chi connectivity index (χ2v) is 4.95. The molecule has 0 saturated carbocycles. The zero-order valence-electron chi connectivity index (χ0n) is 11.3. The number of furan rings is 1. The third-order valence-electron chi connectivity index (χ3n) is 2.73. The molecule has 0 fully saturated rings. The quantitative estimate of drug-likeness (QED) is 0.840. The van der Waals surface area contributed by atoms with Gasteiger partial charge >= 0.3 is 5.97 Å². The van der Waals surface area contributed by atoms with Gasteiger partial charge in [-0.2, -0.15) is 0 Å². The zero-order chi connectivity index (χ0) is 15.2. The summed E-state index contributed by atoms with van der Waals surface area (Å²) in [6, 6.07) is 11.2. The summed E-state index contributed by atoms with van der Waals surface area (Å²) in [7, 11) is 0. The lowest BCUT2D eigenvalue weighted by atomic mass is 10.1. The van der Waals surface area contributed by atoms with E-state index in [0.29, 0.717) is 10.2 Å². The van der Waals surface area contributed by atoms with Crippen molar-refractivity contribution in [3.05, 3.63) is 58.5 Å². The van der Waals surface area contributed by atoms with Gasteiger partial charge in [0.15, 0.2) is 16.5 Å². The minimum atomic E-state index is -0.873. The predicted molar refractivity (Wildman–Crippen MR) is 79.7 cm³/mol. The van der Waals surface area contributed by atoms with Crippen molar-refractivity contribution in [3.63, 3.8) is 0 Å². The second-order valence-electron chi connectivity index (χ2n) is 4.17. The minimum Gasteiger partial charge on any atom is -0.464 e. The number of nitrogens with one attached hydrogen (secondary N) is 1. The van der Waals surface area contributed by atoms with Crippen LogP contribution in [0.4, 0.5) is 0 Å². The van der Waals surface area contributed by atoms with Crippen LogP contribution in [0.3, 0.4) is 0 Å². The molecule has 1 amide bonds. The van der Waals surface area contributed by atoms with Crippen molar-refractivity contribution in [3.8, 4) is 0 Å². The first-order chi connectivity index (χ1) is 10.1. The van der Waals surface area contributed by atoms with Crippen molar-refractivity contribution in [2.75, 3.05) is 6.61 Å². The topological polar surface area (TPSA) is 68.5 Å². The highest BCUT2D eigenvalue weighted by molar-refractivity contribution is 9.10. The second kappa shape index (κ2) is 7.08. The average Bonchev–Trinajstić information content (AvgIpc) is 2.92. The van der Waals surface area contributed by atoms with Gasteiger partial charge in [0.05, 0.1) is 6.61 Å². The maximum atomic E-state index is 12.1. The zero-order valence-corrected chi connectivity index (χ0v) is 12.9. The summed E-state index contributed by atoms with van der Waals surface area (Å²) in [5, 5.41) is 2.62. The molecule has 1 atom stereocenters. The van der Waals surface area contributed by atoms with Crippen molar-refractivity contribution in [1.29, 1.82) is 0 Å². The van der Waals surface area contributed by atoms with Gasteiger partial charge in [0, 0.05) is 0 Å². The van der Waals surface area contributed by atoms with E-state index >= 15 is 0 Å². The Bertz CT molecular complexity index is 624. The Kier molecular flexibility index (Phi) is 5.16. The largest absolute Gasteiger partial charge is 0.464 e. The maximum absolute atomic E-state index is 12.1. The molecule has 21 heavy (non-hydrogen) atoms. The highest BCUT2D eigenvalue weighted by Gasteiger charge is 2.25. The molecular weight excluding hydrogens is 338 g/mol. The van der Waals surface area contributed by atoms with Crippen molar-refractivity contribution in [2.45, 2.75) is 13.0 Å². The lowest BCUT2D eigenvalue weighted by Crippen LogP contribution is -2.34. The predicted octanol–water partition coefficient (Wildman–Crippen LogP) is 3.08. The van der Waals surface area contributed by atoms with E-state index < -0.39 is 17.9 Å². The van der Waals surface area contributed by atoms with Gasteiger partial charge in [0.25, 0.3) is 5.91 Å². The average molecular weight is 352 g/mol. The normalized spacial score (nSPS) is 11.7. The van der Waals surface area contributed by atoms with E-state index in [2.05, 4.69) is 21.2 Å². The first kappa shape index (κ1) is 15.3. The maximum Gasteiger partial charge on any atom is 0.333 e. The standard InChI is InChI=1S/C15H14BrNO4/c1-2-20-15(19)13(10-6-4-3-5-7-10)17-14(18)11-8-9-12(16)21-11/h3-9,13H,2H2,1H3,(H,17,18). The van der Waals surface area contributed by atoms with Gasteiger partial charge in [0.2, 0.25) is 0 Å². The Labute approximate surface area is 130 Å². The lowest BCUT2D eigenvalue weighted by Gasteiger charge is -2.16. The highest BCUT2D eigenvalue weighted by atomic mass is 79.9. The van der Waals surface area contributed by atoms with Crippen LogP contribution in [0, 0.1) is 0 Å². The molecule has 2 rings (SSSR count). The number of esters is 1. The molecule has 0 aliphatic heterocycles. The molecule has 0 aliphatic rings.